The molecule has 16 heavy (non-hydrogen) atoms. The number of benzene rings is 1. The summed E-state index contributed by atoms with van der Waals surface area (Å²) in [7, 11) is 1.91. The van der Waals surface area contributed by atoms with Crippen molar-refractivity contribution in [1.29, 1.82) is 0 Å². The molecule has 2 N–H and O–H groups in total. The topological polar surface area (TPSA) is 50.1 Å². The fourth-order valence-electron chi connectivity index (χ4n) is 1.66. The van der Waals surface area contributed by atoms with E-state index in [0.717, 1.165) is 17.9 Å². The first kappa shape index (κ1) is 10.7. The molecule has 0 radical (unpaired) electrons. The van der Waals surface area contributed by atoms with Gasteiger partial charge in [-0.1, -0.05) is 0 Å². The molecule has 0 aliphatic carbocycles. The summed E-state index contributed by atoms with van der Waals surface area (Å²) in [5, 5.41) is 16.7. The maximum atomic E-state index is 9.22. The summed E-state index contributed by atoms with van der Waals surface area (Å²) >= 11 is 0. The number of phenolic OH excluding ortho intramolecular Hbond substituents is 1. The summed E-state index contributed by atoms with van der Waals surface area (Å²) < 4.78 is 1.87. The Kier molecular flexibility index (Phi) is 2.92. The lowest BCUT2D eigenvalue weighted by molar-refractivity contribution is 0.475. The van der Waals surface area contributed by atoms with Crippen LogP contribution in [0.2, 0.25) is 0 Å². The van der Waals surface area contributed by atoms with E-state index in [0.29, 0.717) is 0 Å². The minimum atomic E-state index is 0.268. The number of phenols is 1. The van der Waals surface area contributed by atoms with E-state index in [-0.39, 0.29) is 5.75 Å². The molecule has 0 unspecified atom stereocenters. The van der Waals surface area contributed by atoms with Crippen molar-refractivity contribution in [3.05, 3.63) is 41.7 Å². The van der Waals surface area contributed by atoms with Crippen molar-refractivity contribution in [2.45, 2.75) is 13.5 Å². The predicted octanol–water partition coefficient (Wildman–Crippen LogP) is 1.61. The summed E-state index contributed by atoms with van der Waals surface area (Å²) in [5.41, 5.74) is 3.24. The van der Waals surface area contributed by atoms with Gasteiger partial charge in [-0.15, -0.1) is 0 Å². The van der Waals surface area contributed by atoms with E-state index in [2.05, 4.69) is 10.4 Å². The Labute approximate surface area is 94.5 Å². The number of hydrogen-bond acceptors (Lipinski definition) is 3. The van der Waals surface area contributed by atoms with Gasteiger partial charge in [-0.3, -0.25) is 0 Å². The number of hydrogen-bond donors (Lipinski definition) is 2. The third kappa shape index (κ3) is 1.92. The molecule has 0 saturated heterocycles. The third-order valence-electron chi connectivity index (χ3n) is 2.57. The average molecular weight is 217 g/mol. The molecule has 1 aromatic carbocycles. The number of rotatable bonds is 3. The molecule has 2 aromatic rings. The highest BCUT2D eigenvalue weighted by Gasteiger charge is 2.06. The van der Waals surface area contributed by atoms with E-state index >= 15 is 0 Å². The predicted molar refractivity (Wildman–Crippen MR) is 62.7 cm³/mol. The van der Waals surface area contributed by atoms with Gasteiger partial charge in [0.15, 0.2) is 0 Å². The first-order chi connectivity index (χ1) is 7.72. The lowest BCUT2D eigenvalue weighted by atomic mass is 10.2. The first-order valence-corrected chi connectivity index (χ1v) is 5.20. The molecule has 4 nitrogen and oxygen atoms in total. The Morgan fingerprint density at radius 2 is 2.00 bits per heavy atom. The number of nitrogens with zero attached hydrogens (tertiary/aromatic N) is 2. The van der Waals surface area contributed by atoms with E-state index < -0.39 is 0 Å². The van der Waals surface area contributed by atoms with Gasteiger partial charge in [0, 0.05) is 17.8 Å². The Morgan fingerprint density at radius 1 is 1.31 bits per heavy atom. The van der Waals surface area contributed by atoms with Crippen LogP contribution in [0.3, 0.4) is 0 Å². The molecule has 0 fully saturated rings. The monoisotopic (exact) mass is 217 g/mol. The third-order valence-corrected chi connectivity index (χ3v) is 2.57. The molecule has 4 heteroatoms. The van der Waals surface area contributed by atoms with Crippen LogP contribution in [0, 0.1) is 6.92 Å². The van der Waals surface area contributed by atoms with Crippen molar-refractivity contribution in [3.63, 3.8) is 0 Å². The minimum absolute atomic E-state index is 0.268. The molecule has 0 aliphatic rings. The van der Waals surface area contributed by atoms with Crippen LogP contribution in [0.25, 0.3) is 5.69 Å². The zero-order chi connectivity index (χ0) is 11.5. The van der Waals surface area contributed by atoms with Crippen LogP contribution in [-0.2, 0) is 6.54 Å². The summed E-state index contributed by atoms with van der Waals surface area (Å²) in [5.74, 6) is 0.268. The van der Waals surface area contributed by atoms with Crippen molar-refractivity contribution < 1.29 is 5.11 Å². The zero-order valence-corrected chi connectivity index (χ0v) is 9.44. The summed E-state index contributed by atoms with van der Waals surface area (Å²) in [4.78, 5) is 0. The maximum Gasteiger partial charge on any atom is 0.115 e. The van der Waals surface area contributed by atoms with E-state index in [9.17, 15) is 5.11 Å². The molecule has 1 heterocycles. The molecule has 0 atom stereocenters. The molecule has 1 aromatic heterocycles. The Morgan fingerprint density at radius 3 is 2.62 bits per heavy atom. The Hall–Kier alpha value is -1.81. The van der Waals surface area contributed by atoms with Crippen LogP contribution in [-0.4, -0.2) is 21.9 Å². The summed E-state index contributed by atoms with van der Waals surface area (Å²) in [6, 6.07) is 7.01. The van der Waals surface area contributed by atoms with Gasteiger partial charge >= 0.3 is 0 Å². The normalized spacial score (nSPS) is 10.6. The van der Waals surface area contributed by atoms with Crippen molar-refractivity contribution in [2.75, 3.05) is 7.05 Å². The van der Waals surface area contributed by atoms with Gasteiger partial charge in [0.25, 0.3) is 0 Å². The van der Waals surface area contributed by atoms with Gasteiger partial charge in [-0.25, -0.2) is 4.68 Å². The molecule has 0 spiro atoms. The Balaban J connectivity index is 2.37. The van der Waals surface area contributed by atoms with Crippen LogP contribution in [0.15, 0.2) is 30.5 Å². The van der Waals surface area contributed by atoms with Crippen LogP contribution < -0.4 is 5.32 Å². The lowest BCUT2D eigenvalue weighted by Gasteiger charge is -2.05. The van der Waals surface area contributed by atoms with Gasteiger partial charge in [0.1, 0.15) is 5.75 Å². The zero-order valence-electron chi connectivity index (χ0n) is 9.44. The molecule has 2 rings (SSSR count). The van der Waals surface area contributed by atoms with Crippen molar-refractivity contribution in [1.82, 2.24) is 15.1 Å². The van der Waals surface area contributed by atoms with Crippen molar-refractivity contribution in [3.8, 4) is 11.4 Å². The van der Waals surface area contributed by atoms with Crippen LogP contribution in [0.1, 0.15) is 11.3 Å². The lowest BCUT2D eigenvalue weighted by Crippen LogP contribution is -2.06. The second-order valence-electron chi connectivity index (χ2n) is 3.71. The van der Waals surface area contributed by atoms with E-state index in [1.54, 1.807) is 12.1 Å². The SMILES string of the molecule is CNCc1cnn(-c2ccc(O)cc2)c1C. The number of aromatic nitrogens is 2. The van der Waals surface area contributed by atoms with Gasteiger partial charge in [-0.2, -0.15) is 5.10 Å². The van der Waals surface area contributed by atoms with Gasteiger partial charge in [0.2, 0.25) is 0 Å². The highest BCUT2D eigenvalue weighted by atomic mass is 16.3. The number of aromatic hydroxyl groups is 1. The van der Waals surface area contributed by atoms with E-state index in [1.165, 1.54) is 5.56 Å². The van der Waals surface area contributed by atoms with E-state index in [4.69, 9.17) is 0 Å². The molecule has 0 aliphatic heterocycles. The second-order valence-corrected chi connectivity index (χ2v) is 3.71. The first-order valence-electron chi connectivity index (χ1n) is 5.20. The molecule has 0 amide bonds. The smallest absolute Gasteiger partial charge is 0.115 e. The summed E-state index contributed by atoms with van der Waals surface area (Å²) in [6.45, 7) is 2.84. The molecule has 0 bridgehead atoms. The van der Waals surface area contributed by atoms with Gasteiger partial charge in [-0.05, 0) is 38.2 Å². The van der Waals surface area contributed by atoms with Gasteiger partial charge < -0.3 is 10.4 Å². The molecular formula is C12H15N3O. The van der Waals surface area contributed by atoms with Crippen molar-refractivity contribution >= 4 is 0 Å². The van der Waals surface area contributed by atoms with E-state index in [1.807, 2.05) is 37.0 Å². The fraction of sp³-hybridized carbons (Fsp3) is 0.250. The second kappa shape index (κ2) is 4.37. The minimum Gasteiger partial charge on any atom is -0.508 e. The standard InChI is InChI=1S/C12H15N3O/c1-9-10(7-13-2)8-14-15(9)11-3-5-12(16)6-4-11/h3-6,8,13,16H,7H2,1-2H3. The molecule has 84 valence electrons. The number of nitrogens with one attached hydrogen (secondary N) is 1. The average Bonchev–Trinajstić information content (AvgIpc) is 2.63. The highest BCUT2D eigenvalue weighted by Crippen LogP contribution is 2.16. The molecular weight excluding hydrogens is 202 g/mol. The Bertz CT molecular complexity index is 474. The molecule has 0 saturated carbocycles. The van der Waals surface area contributed by atoms with Gasteiger partial charge in [0.05, 0.1) is 11.9 Å². The van der Waals surface area contributed by atoms with Crippen LogP contribution in [0.5, 0.6) is 5.75 Å². The largest absolute Gasteiger partial charge is 0.508 e. The van der Waals surface area contributed by atoms with Crippen LogP contribution >= 0.6 is 0 Å². The van der Waals surface area contributed by atoms with Crippen LogP contribution in [0.4, 0.5) is 0 Å². The van der Waals surface area contributed by atoms with Crippen molar-refractivity contribution in [2.24, 2.45) is 0 Å². The quantitative estimate of drug-likeness (QED) is 0.821. The summed E-state index contributed by atoms with van der Waals surface area (Å²) in [6.07, 6.45) is 1.86. The maximum absolute atomic E-state index is 9.22. The fourth-order valence-corrected chi connectivity index (χ4v) is 1.66. The highest BCUT2D eigenvalue weighted by molar-refractivity contribution is 5.38.